The van der Waals surface area contributed by atoms with Crippen molar-refractivity contribution in [3.8, 4) is 0 Å². The second-order valence-electron chi connectivity index (χ2n) is 14.3. The van der Waals surface area contributed by atoms with Gasteiger partial charge in [-0.2, -0.15) is 0 Å². The molecule has 0 aliphatic carbocycles. The predicted molar refractivity (Wildman–Crippen MR) is 177 cm³/mol. The van der Waals surface area contributed by atoms with E-state index in [0.717, 1.165) is 5.56 Å². The molecule has 1 heterocycles. The summed E-state index contributed by atoms with van der Waals surface area (Å²) >= 11 is 0. The quantitative estimate of drug-likeness (QED) is 0.435. The normalized spacial score (nSPS) is 24.8. The van der Waals surface area contributed by atoms with E-state index in [1.807, 2.05) is 85.7 Å². The Balaban J connectivity index is 2.77. The number of nitrogens with one attached hydrogen (secondary N) is 2. The molecule has 2 rings (SSSR count). The summed E-state index contributed by atoms with van der Waals surface area (Å²) in [6, 6.07) is 4.92. The molecule has 5 amide bonds. The number of benzene rings is 1. The number of amides is 5. The number of nitrogens with zero attached hydrogens (tertiary/aromatic N) is 3. The Bertz CT molecular complexity index is 1170. The molecule has 1 aliphatic rings. The van der Waals surface area contributed by atoms with E-state index in [2.05, 4.69) is 10.6 Å². The Kier molecular flexibility index (Phi) is 14.1. The molecule has 252 valence electrons. The fourth-order valence-electron chi connectivity index (χ4n) is 6.10. The van der Waals surface area contributed by atoms with Crippen molar-refractivity contribution in [2.24, 2.45) is 23.7 Å². The van der Waals surface area contributed by atoms with Crippen LogP contribution in [0.3, 0.4) is 0 Å². The number of rotatable bonds is 9. The number of carbonyl (C=O) groups is 5. The molecule has 0 bridgehead atoms. The summed E-state index contributed by atoms with van der Waals surface area (Å²) in [5, 5.41) is 5.93. The molecule has 2 N–H and O–H groups in total. The van der Waals surface area contributed by atoms with Gasteiger partial charge in [0.1, 0.15) is 30.2 Å². The minimum Gasteiger partial charge on any atom is -0.342 e. The molecule has 0 saturated carbocycles. The molecule has 0 unspecified atom stereocenters. The monoisotopic (exact) mass is 627 g/mol. The fourth-order valence-corrected chi connectivity index (χ4v) is 6.10. The van der Waals surface area contributed by atoms with Gasteiger partial charge in [0.05, 0.1) is 0 Å². The largest absolute Gasteiger partial charge is 0.342 e. The second kappa shape index (κ2) is 16.8. The standard InChI is InChI=1S/C35H57N5O5/c1-21(2)17-26-34(44)40(11)30(24(7)8)35(45)39(10)29(19-23(5)6)32(42)37-27(20-25-15-13-12-14-16-25)33(43)38(9)28(18-22(3)4)31(41)36-26/h12-16,21-24,26-30H,17-20H2,1-11H3,(H,36,41)(H,37,42)/t26-,27-,28-,29-,30-/m0/s1. The van der Waals surface area contributed by atoms with E-state index in [4.69, 9.17) is 0 Å². The Morgan fingerprint density at radius 2 is 1.00 bits per heavy atom. The van der Waals surface area contributed by atoms with Crippen molar-refractivity contribution in [1.82, 2.24) is 25.3 Å². The summed E-state index contributed by atoms with van der Waals surface area (Å²) < 4.78 is 0. The first-order valence-electron chi connectivity index (χ1n) is 16.4. The maximum Gasteiger partial charge on any atom is 0.246 e. The van der Waals surface area contributed by atoms with Gasteiger partial charge in [-0.3, -0.25) is 24.0 Å². The molecule has 0 aromatic heterocycles. The molecule has 0 spiro atoms. The van der Waals surface area contributed by atoms with E-state index in [1.165, 1.54) is 14.7 Å². The van der Waals surface area contributed by atoms with Crippen LogP contribution in [0.25, 0.3) is 0 Å². The molecule has 5 atom stereocenters. The highest BCUT2D eigenvalue weighted by Gasteiger charge is 2.41. The lowest BCUT2D eigenvalue weighted by molar-refractivity contribution is -0.151. The van der Waals surface area contributed by atoms with Crippen molar-refractivity contribution in [3.63, 3.8) is 0 Å². The molecule has 10 nitrogen and oxygen atoms in total. The van der Waals surface area contributed by atoms with Gasteiger partial charge in [0.15, 0.2) is 0 Å². The van der Waals surface area contributed by atoms with E-state index in [0.29, 0.717) is 19.3 Å². The number of hydrogen-bond donors (Lipinski definition) is 2. The van der Waals surface area contributed by atoms with Crippen LogP contribution < -0.4 is 10.6 Å². The summed E-state index contributed by atoms with van der Waals surface area (Å²) in [5.41, 5.74) is 0.848. The lowest BCUT2D eigenvalue weighted by Gasteiger charge is -2.38. The van der Waals surface area contributed by atoms with Gasteiger partial charge in [-0.15, -0.1) is 0 Å². The van der Waals surface area contributed by atoms with Crippen LogP contribution in [-0.4, -0.2) is 95.6 Å². The van der Waals surface area contributed by atoms with Crippen LogP contribution in [0.15, 0.2) is 30.3 Å². The van der Waals surface area contributed by atoms with Gasteiger partial charge in [-0.25, -0.2) is 0 Å². The summed E-state index contributed by atoms with van der Waals surface area (Å²) in [5.74, 6) is -2.11. The van der Waals surface area contributed by atoms with Crippen molar-refractivity contribution >= 4 is 29.5 Å². The molecule has 1 fully saturated rings. The highest BCUT2D eigenvalue weighted by atomic mass is 16.2. The third-order valence-corrected chi connectivity index (χ3v) is 8.49. The zero-order chi connectivity index (χ0) is 34.2. The predicted octanol–water partition coefficient (Wildman–Crippen LogP) is 3.49. The van der Waals surface area contributed by atoms with Crippen LogP contribution in [0.2, 0.25) is 0 Å². The third kappa shape index (κ3) is 10.3. The van der Waals surface area contributed by atoms with Crippen LogP contribution in [0.1, 0.15) is 80.2 Å². The molecular weight excluding hydrogens is 570 g/mol. The van der Waals surface area contributed by atoms with Crippen molar-refractivity contribution in [3.05, 3.63) is 35.9 Å². The molecule has 10 heteroatoms. The van der Waals surface area contributed by atoms with Crippen molar-refractivity contribution in [2.45, 2.75) is 111 Å². The smallest absolute Gasteiger partial charge is 0.246 e. The average Bonchev–Trinajstić information content (AvgIpc) is 2.95. The van der Waals surface area contributed by atoms with E-state index < -0.39 is 47.9 Å². The SMILES string of the molecule is CC(C)C[C@@H]1NC(=O)[C@H](CC(C)C)N(C)C(=O)[C@H](Cc2ccccc2)NC(=O)[C@H](CC(C)C)N(C)C(=O)[C@H](C(C)C)N(C)C1=O. The lowest BCUT2D eigenvalue weighted by atomic mass is 9.95. The van der Waals surface area contributed by atoms with Gasteiger partial charge < -0.3 is 25.3 Å². The Morgan fingerprint density at radius 1 is 0.578 bits per heavy atom. The number of likely N-dealkylation sites (N-methyl/N-ethyl adjacent to an activating group) is 3. The van der Waals surface area contributed by atoms with Gasteiger partial charge in [0, 0.05) is 27.6 Å². The first-order chi connectivity index (χ1) is 21.0. The maximum atomic E-state index is 14.2. The topological polar surface area (TPSA) is 119 Å². The van der Waals surface area contributed by atoms with Crippen LogP contribution in [0.4, 0.5) is 0 Å². The minimum absolute atomic E-state index is 0.0635. The van der Waals surface area contributed by atoms with Crippen molar-refractivity contribution in [1.29, 1.82) is 0 Å². The molecule has 1 saturated heterocycles. The summed E-state index contributed by atoms with van der Waals surface area (Å²) in [7, 11) is 4.76. The Morgan fingerprint density at radius 3 is 1.44 bits per heavy atom. The van der Waals surface area contributed by atoms with Gasteiger partial charge >= 0.3 is 0 Å². The van der Waals surface area contributed by atoms with Crippen LogP contribution in [-0.2, 0) is 30.4 Å². The van der Waals surface area contributed by atoms with E-state index >= 15 is 0 Å². The second-order valence-corrected chi connectivity index (χ2v) is 14.3. The summed E-state index contributed by atoms with van der Waals surface area (Å²) in [4.78, 5) is 74.8. The highest BCUT2D eigenvalue weighted by Crippen LogP contribution is 2.22. The average molecular weight is 628 g/mol. The number of hydrogen-bond acceptors (Lipinski definition) is 5. The molecule has 1 aromatic rings. The minimum atomic E-state index is -0.979. The van der Waals surface area contributed by atoms with Crippen LogP contribution >= 0.6 is 0 Å². The summed E-state index contributed by atoms with van der Waals surface area (Å²) in [6.45, 7) is 15.6. The van der Waals surface area contributed by atoms with Gasteiger partial charge in [-0.05, 0) is 48.5 Å². The molecule has 45 heavy (non-hydrogen) atoms. The Labute approximate surface area is 270 Å². The molecule has 1 aliphatic heterocycles. The Hall–Kier alpha value is -3.43. The van der Waals surface area contributed by atoms with Gasteiger partial charge in [-0.1, -0.05) is 85.7 Å². The fraction of sp³-hybridized carbons (Fsp3) is 0.686. The van der Waals surface area contributed by atoms with E-state index in [9.17, 15) is 24.0 Å². The third-order valence-electron chi connectivity index (χ3n) is 8.49. The first kappa shape index (κ1) is 37.8. The maximum absolute atomic E-state index is 14.2. The van der Waals surface area contributed by atoms with Crippen molar-refractivity contribution in [2.75, 3.05) is 21.1 Å². The van der Waals surface area contributed by atoms with Crippen LogP contribution in [0, 0.1) is 23.7 Å². The summed E-state index contributed by atoms with van der Waals surface area (Å²) in [6.07, 6.45) is 1.31. The van der Waals surface area contributed by atoms with Gasteiger partial charge in [0.25, 0.3) is 0 Å². The zero-order valence-corrected chi connectivity index (χ0v) is 29.3. The van der Waals surface area contributed by atoms with Gasteiger partial charge in [0.2, 0.25) is 29.5 Å². The lowest BCUT2D eigenvalue weighted by Crippen LogP contribution is -2.59. The molecule has 1 aromatic carbocycles. The van der Waals surface area contributed by atoms with E-state index in [-0.39, 0.29) is 41.9 Å². The van der Waals surface area contributed by atoms with Crippen LogP contribution in [0.5, 0.6) is 0 Å². The molecular formula is C35H57N5O5. The van der Waals surface area contributed by atoms with Crippen molar-refractivity contribution < 1.29 is 24.0 Å². The molecule has 0 radical (unpaired) electrons. The highest BCUT2D eigenvalue weighted by molar-refractivity contribution is 5.98. The first-order valence-corrected chi connectivity index (χ1v) is 16.4. The zero-order valence-electron chi connectivity index (χ0n) is 29.3. The number of carbonyl (C=O) groups excluding carboxylic acids is 5. The van der Waals surface area contributed by atoms with E-state index in [1.54, 1.807) is 21.1 Å².